The molecule has 1 saturated heterocycles. The van der Waals surface area contributed by atoms with Crippen LogP contribution < -0.4 is 4.74 Å². The fraction of sp³-hybridized carbons (Fsp3) is 0.524. The lowest BCUT2D eigenvalue weighted by atomic mass is 9.77. The van der Waals surface area contributed by atoms with Crippen molar-refractivity contribution >= 4 is 6.09 Å². The molecule has 6 heteroatoms. The molecule has 2 aliphatic rings. The van der Waals surface area contributed by atoms with E-state index in [1.54, 1.807) is 0 Å². The smallest absolute Gasteiger partial charge is 0.410 e. The van der Waals surface area contributed by atoms with Gasteiger partial charge in [-0.1, -0.05) is 12.1 Å². The van der Waals surface area contributed by atoms with E-state index in [1.165, 1.54) is 0 Å². The van der Waals surface area contributed by atoms with Gasteiger partial charge in [0.1, 0.15) is 22.6 Å². The molecule has 1 spiro atoms. The Labute approximate surface area is 159 Å². The second-order valence-corrected chi connectivity index (χ2v) is 8.64. The minimum absolute atomic E-state index is 0.000937. The molecule has 1 amide bonds. The van der Waals surface area contributed by atoms with Gasteiger partial charge in [-0.15, -0.1) is 0 Å². The van der Waals surface area contributed by atoms with E-state index in [2.05, 4.69) is 17.1 Å². The van der Waals surface area contributed by atoms with Gasteiger partial charge in [-0.2, -0.15) is 5.10 Å². The van der Waals surface area contributed by atoms with Gasteiger partial charge in [0.05, 0.1) is 0 Å². The number of carbonyl (C=O) groups excluding carboxylic acids is 1. The molecule has 144 valence electrons. The van der Waals surface area contributed by atoms with E-state index in [0.29, 0.717) is 19.4 Å². The lowest BCUT2D eigenvalue weighted by Gasteiger charge is -2.47. The van der Waals surface area contributed by atoms with Gasteiger partial charge in [-0.05, 0) is 46.8 Å². The first kappa shape index (κ1) is 17.9. The number of aryl methyl sites for hydroxylation is 1. The Morgan fingerprint density at radius 1 is 1.37 bits per heavy atom. The van der Waals surface area contributed by atoms with E-state index in [0.717, 1.165) is 28.3 Å². The molecule has 2 atom stereocenters. The van der Waals surface area contributed by atoms with E-state index < -0.39 is 11.2 Å². The Balaban J connectivity index is 1.66. The largest absolute Gasteiger partial charge is 0.482 e. The SMILES string of the molecule is Cc1[nH]nc2c1[C@]1(CCN(C(=O)OC(C)(C)C)[C@@H](C)C1)Oc1ccccc1-2. The Kier molecular flexibility index (Phi) is 3.98. The molecular weight excluding hydrogens is 342 g/mol. The van der Waals surface area contributed by atoms with Gasteiger partial charge < -0.3 is 14.4 Å². The first-order valence-corrected chi connectivity index (χ1v) is 9.54. The average molecular weight is 369 g/mol. The zero-order valence-corrected chi connectivity index (χ0v) is 16.6. The van der Waals surface area contributed by atoms with Crippen LogP contribution in [0.2, 0.25) is 0 Å². The van der Waals surface area contributed by atoms with Crippen LogP contribution in [0, 0.1) is 6.92 Å². The molecule has 1 N–H and O–H groups in total. The Hall–Kier alpha value is -2.50. The summed E-state index contributed by atoms with van der Waals surface area (Å²) in [5, 5.41) is 7.70. The molecule has 3 heterocycles. The topological polar surface area (TPSA) is 67.5 Å². The fourth-order valence-electron chi connectivity index (χ4n) is 4.32. The first-order valence-electron chi connectivity index (χ1n) is 9.54. The second kappa shape index (κ2) is 6.01. The summed E-state index contributed by atoms with van der Waals surface area (Å²) in [6, 6.07) is 8.02. The van der Waals surface area contributed by atoms with Crippen LogP contribution >= 0.6 is 0 Å². The zero-order valence-electron chi connectivity index (χ0n) is 16.6. The van der Waals surface area contributed by atoms with Gasteiger partial charge in [-0.3, -0.25) is 5.10 Å². The number of H-pyrrole nitrogens is 1. The lowest BCUT2D eigenvalue weighted by molar-refractivity contribution is -0.0412. The summed E-state index contributed by atoms with van der Waals surface area (Å²) in [6.07, 6.45) is 1.15. The normalized spacial score (nSPS) is 24.2. The maximum Gasteiger partial charge on any atom is 0.410 e. The van der Waals surface area contributed by atoms with Crippen molar-refractivity contribution < 1.29 is 14.3 Å². The highest BCUT2D eigenvalue weighted by atomic mass is 16.6. The van der Waals surface area contributed by atoms with E-state index in [-0.39, 0.29) is 12.1 Å². The van der Waals surface area contributed by atoms with Gasteiger partial charge in [0.15, 0.2) is 0 Å². The number of aromatic amines is 1. The number of rotatable bonds is 0. The Morgan fingerprint density at radius 2 is 2.11 bits per heavy atom. The second-order valence-electron chi connectivity index (χ2n) is 8.64. The van der Waals surface area contributed by atoms with E-state index in [4.69, 9.17) is 9.47 Å². The van der Waals surface area contributed by atoms with Crippen LogP contribution in [-0.2, 0) is 10.3 Å². The minimum atomic E-state index is -0.499. The van der Waals surface area contributed by atoms with Gasteiger partial charge in [0.2, 0.25) is 0 Å². The number of nitrogens with one attached hydrogen (secondary N) is 1. The summed E-state index contributed by atoms with van der Waals surface area (Å²) in [5.41, 5.74) is 3.16. The number of amides is 1. The molecule has 1 aromatic carbocycles. The summed E-state index contributed by atoms with van der Waals surface area (Å²) in [5.74, 6) is 0.856. The highest BCUT2D eigenvalue weighted by Crippen LogP contribution is 2.50. The highest BCUT2D eigenvalue weighted by molar-refractivity contribution is 5.74. The lowest BCUT2D eigenvalue weighted by Crippen LogP contribution is -2.54. The van der Waals surface area contributed by atoms with E-state index in [1.807, 2.05) is 56.9 Å². The van der Waals surface area contributed by atoms with Gasteiger partial charge >= 0.3 is 6.09 Å². The van der Waals surface area contributed by atoms with Crippen molar-refractivity contribution in [3.8, 4) is 17.0 Å². The Bertz CT molecular complexity index is 883. The molecule has 0 bridgehead atoms. The summed E-state index contributed by atoms with van der Waals surface area (Å²) < 4.78 is 12.2. The third-order valence-electron chi connectivity index (χ3n) is 5.39. The Morgan fingerprint density at radius 3 is 2.81 bits per heavy atom. The zero-order chi connectivity index (χ0) is 19.4. The summed E-state index contributed by atoms with van der Waals surface area (Å²) in [6.45, 7) is 10.4. The number of ether oxygens (including phenoxy) is 2. The van der Waals surface area contributed by atoms with Crippen molar-refractivity contribution in [2.45, 2.75) is 64.7 Å². The number of para-hydroxylation sites is 1. The maximum atomic E-state index is 12.6. The number of hydrogen-bond donors (Lipinski definition) is 1. The molecule has 2 aliphatic heterocycles. The molecule has 0 unspecified atom stereocenters. The predicted octanol–water partition coefficient (Wildman–Crippen LogP) is 4.39. The van der Waals surface area contributed by atoms with Crippen LogP contribution in [0.1, 0.15) is 51.8 Å². The molecule has 2 aromatic rings. The molecule has 4 rings (SSSR count). The standard InChI is InChI=1S/C21H27N3O3/c1-13-12-21(10-11-24(13)19(25)27-20(3,4)5)17-14(2)22-23-18(17)15-8-6-7-9-16(15)26-21/h6-9,13H,10-12H2,1-5H3,(H,22,23)/t13-,21+/m0/s1. The van der Waals surface area contributed by atoms with Crippen LogP contribution in [0.5, 0.6) is 5.75 Å². The van der Waals surface area contributed by atoms with Gasteiger partial charge in [0.25, 0.3) is 0 Å². The third-order valence-corrected chi connectivity index (χ3v) is 5.39. The number of nitrogens with zero attached hydrogens (tertiary/aromatic N) is 2. The van der Waals surface area contributed by atoms with Crippen molar-refractivity contribution in [1.82, 2.24) is 15.1 Å². The number of carbonyl (C=O) groups is 1. The molecule has 6 nitrogen and oxygen atoms in total. The van der Waals surface area contributed by atoms with Crippen LogP contribution in [0.3, 0.4) is 0 Å². The molecule has 0 aliphatic carbocycles. The van der Waals surface area contributed by atoms with Crippen LogP contribution in [0.25, 0.3) is 11.3 Å². The molecule has 1 aromatic heterocycles. The quantitative estimate of drug-likeness (QED) is 0.748. The molecular formula is C21H27N3O3. The van der Waals surface area contributed by atoms with Gasteiger partial charge in [0, 0.05) is 42.2 Å². The minimum Gasteiger partial charge on any atom is -0.482 e. The van der Waals surface area contributed by atoms with Crippen molar-refractivity contribution in [3.05, 3.63) is 35.5 Å². The molecule has 0 saturated carbocycles. The first-order chi connectivity index (χ1) is 12.7. The van der Waals surface area contributed by atoms with Crippen LogP contribution in [-0.4, -0.2) is 39.4 Å². The van der Waals surface area contributed by atoms with Crippen LogP contribution in [0.15, 0.2) is 24.3 Å². The summed E-state index contributed by atoms with van der Waals surface area (Å²) in [7, 11) is 0. The molecule has 0 radical (unpaired) electrons. The van der Waals surface area contributed by atoms with Crippen molar-refractivity contribution in [2.75, 3.05) is 6.54 Å². The van der Waals surface area contributed by atoms with Crippen molar-refractivity contribution in [3.63, 3.8) is 0 Å². The highest BCUT2D eigenvalue weighted by Gasteiger charge is 2.49. The number of benzene rings is 1. The summed E-state index contributed by atoms with van der Waals surface area (Å²) in [4.78, 5) is 14.4. The third kappa shape index (κ3) is 2.97. The van der Waals surface area contributed by atoms with E-state index in [9.17, 15) is 4.79 Å². The van der Waals surface area contributed by atoms with Gasteiger partial charge in [-0.25, -0.2) is 4.79 Å². The number of aromatic nitrogens is 2. The predicted molar refractivity (Wildman–Crippen MR) is 103 cm³/mol. The number of likely N-dealkylation sites (tertiary alicyclic amines) is 1. The molecule has 1 fully saturated rings. The number of piperidine rings is 1. The fourth-order valence-corrected chi connectivity index (χ4v) is 4.32. The molecule has 27 heavy (non-hydrogen) atoms. The number of hydrogen-bond acceptors (Lipinski definition) is 4. The number of fused-ring (bicyclic) bond motifs is 4. The monoisotopic (exact) mass is 369 g/mol. The van der Waals surface area contributed by atoms with Crippen molar-refractivity contribution in [1.29, 1.82) is 0 Å². The van der Waals surface area contributed by atoms with Crippen molar-refractivity contribution in [2.24, 2.45) is 0 Å². The average Bonchev–Trinajstić information content (AvgIpc) is 2.96. The maximum absolute atomic E-state index is 12.6. The summed E-state index contributed by atoms with van der Waals surface area (Å²) >= 11 is 0. The van der Waals surface area contributed by atoms with E-state index >= 15 is 0 Å². The van der Waals surface area contributed by atoms with Crippen LogP contribution in [0.4, 0.5) is 4.79 Å².